The number of fused-ring (bicyclic) bond motifs is 1. The Labute approximate surface area is 226 Å². The monoisotopic (exact) mass is 552 g/mol. The van der Waals surface area contributed by atoms with E-state index in [4.69, 9.17) is 38.4 Å². The summed E-state index contributed by atoms with van der Waals surface area (Å²) in [5, 5.41) is 1.000. The van der Waals surface area contributed by atoms with Crippen LogP contribution in [0.1, 0.15) is 17.5 Å². The molecule has 36 heavy (non-hydrogen) atoms. The van der Waals surface area contributed by atoms with Gasteiger partial charge in [0, 0.05) is 23.8 Å². The fourth-order valence-electron chi connectivity index (χ4n) is 4.20. The molecule has 1 atom stereocenters. The van der Waals surface area contributed by atoms with E-state index in [1.165, 1.54) is 12.1 Å². The van der Waals surface area contributed by atoms with Crippen molar-refractivity contribution in [2.24, 2.45) is 11.7 Å². The third-order valence-electron chi connectivity index (χ3n) is 5.97. The van der Waals surface area contributed by atoms with Gasteiger partial charge in [0.1, 0.15) is 30.5 Å². The highest BCUT2D eigenvalue weighted by Crippen LogP contribution is 2.30. The number of hydrogen-bond donors (Lipinski definition) is 1. The molecular formula is C27H28Cl3FN2O3. The third kappa shape index (κ3) is 7.04. The minimum absolute atomic E-state index is 0. The first-order chi connectivity index (χ1) is 16.9. The van der Waals surface area contributed by atoms with Gasteiger partial charge in [-0.15, -0.1) is 12.4 Å². The van der Waals surface area contributed by atoms with Crippen LogP contribution in [0.5, 0.6) is 11.5 Å². The number of hydrogen-bond acceptors (Lipinski definition) is 4. The molecule has 4 rings (SSSR count). The number of rotatable bonds is 9. The summed E-state index contributed by atoms with van der Waals surface area (Å²) < 4.78 is 25.0. The SMILES string of the molecule is Cl.NCC(Cc1ccc(OCCOc2ccc(Cl)cc2Cl)cc1)C(=O)N1CCCc2cc(F)ccc21. The van der Waals surface area contributed by atoms with Gasteiger partial charge in [0.25, 0.3) is 0 Å². The zero-order valence-electron chi connectivity index (χ0n) is 19.6. The van der Waals surface area contributed by atoms with Gasteiger partial charge in [0.05, 0.1) is 10.9 Å². The Morgan fingerprint density at radius 1 is 1.03 bits per heavy atom. The highest BCUT2D eigenvalue weighted by atomic mass is 35.5. The summed E-state index contributed by atoms with van der Waals surface area (Å²) >= 11 is 12.0. The van der Waals surface area contributed by atoms with E-state index >= 15 is 0 Å². The van der Waals surface area contributed by atoms with Crippen LogP contribution in [0, 0.1) is 11.7 Å². The van der Waals surface area contributed by atoms with Crippen LogP contribution >= 0.6 is 35.6 Å². The molecule has 1 unspecified atom stereocenters. The van der Waals surface area contributed by atoms with E-state index in [0.717, 1.165) is 29.7 Å². The van der Waals surface area contributed by atoms with E-state index < -0.39 is 0 Å². The molecule has 2 N–H and O–H groups in total. The first kappa shape index (κ1) is 28.1. The number of aryl methyl sites for hydroxylation is 1. The highest BCUT2D eigenvalue weighted by molar-refractivity contribution is 6.35. The van der Waals surface area contributed by atoms with Gasteiger partial charge in [-0.1, -0.05) is 35.3 Å². The molecule has 0 spiro atoms. The summed E-state index contributed by atoms with van der Waals surface area (Å²) in [7, 11) is 0. The van der Waals surface area contributed by atoms with Crippen LogP contribution in [0.4, 0.5) is 10.1 Å². The first-order valence-electron chi connectivity index (χ1n) is 11.5. The normalized spacial score (nSPS) is 13.4. The first-order valence-corrected chi connectivity index (χ1v) is 12.3. The minimum atomic E-state index is -0.365. The van der Waals surface area contributed by atoms with Gasteiger partial charge in [0.15, 0.2) is 0 Å². The van der Waals surface area contributed by atoms with Crippen LogP contribution in [0.25, 0.3) is 0 Å². The maximum atomic E-state index is 13.6. The van der Waals surface area contributed by atoms with Crippen LogP contribution in [0.15, 0.2) is 60.7 Å². The van der Waals surface area contributed by atoms with E-state index in [9.17, 15) is 9.18 Å². The summed E-state index contributed by atoms with van der Waals surface area (Å²) in [5.41, 5.74) is 8.62. The van der Waals surface area contributed by atoms with Crippen molar-refractivity contribution in [3.05, 3.63) is 87.7 Å². The Morgan fingerprint density at radius 2 is 1.78 bits per heavy atom. The van der Waals surface area contributed by atoms with Crippen molar-refractivity contribution in [3.63, 3.8) is 0 Å². The summed E-state index contributed by atoms with van der Waals surface area (Å²) in [6, 6.07) is 17.2. The number of nitrogens with zero attached hydrogens (tertiary/aromatic N) is 1. The molecule has 0 radical (unpaired) electrons. The molecule has 3 aromatic carbocycles. The van der Waals surface area contributed by atoms with Crippen LogP contribution < -0.4 is 20.1 Å². The van der Waals surface area contributed by atoms with Gasteiger partial charge in [-0.05, 0) is 78.9 Å². The lowest BCUT2D eigenvalue weighted by atomic mass is 9.95. The van der Waals surface area contributed by atoms with Crippen molar-refractivity contribution >= 4 is 47.2 Å². The zero-order valence-corrected chi connectivity index (χ0v) is 21.9. The zero-order chi connectivity index (χ0) is 24.8. The Bertz CT molecular complexity index is 1180. The Kier molecular flexibility index (Phi) is 10.3. The van der Waals surface area contributed by atoms with Gasteiger partial charge < -0.3 is 20.1 Å². The second-order valence-electron chi connectivity index (χ2n) is 8.42. The predicted molar refractivity (Wildman–Crippen MR) is 144 cm³/mol. The quantitative estimate of drug-likeness (QED) is 0.325. The fraction of sp³-hybridized carbons (Fsp3) is 0.296. The van der Waals surface area contributed by atoms with E-state index in [1.54, 1.807) is 29.2 Å². The maximum Gasteiger partial charge on any atom is 0.231 e. The van der Waals surface area contributed by atoms with Gasteiger partial charge in [-0.2, -0.15) is 0 Å². The molecule has 0 bridgehead atoms. The second kappa shape index (κ2) is 13.2. The smallest absolute Gasteiger partial charge is 0.231 e. The van der Waals surface area contributed by atoms with Crippen molar-refractivity contribution in [1.29, 1.82) is 0 Å². The van der Waals surface area contributed by atoms with E-state index in [-0.39, 0.29) is 36.6 Å². The highest BCUT2D eigenvalue weighted by Gasteiger charge is 2.28. The maximum absolute atomic E-state index is 13.6. The summed E-state index contributed by atoms with van der Waals surface area (Å²) in [6.45, 7) is 1.52. The minimum Gasteiger partial charge on any atom is -0.490 e. The van der Waals surface area contributed by atoms with Gasteiger partial charge >= 0.3 is 0 Å². The number of amides is 1. The molecule has 1 aliphatic heterocycles. The predicted octanol–water partition coefficient (Wildman–Crippen LogP) is 6.11. The molecule has 0 saturated heterocycles. The van der Waals surface area contributed by atoms with Crippen molar-refractivity contribution in [1.82, 2.24) is 0 Å². The molecule has 0 fully saturated rings. The molecule has 3 aromatic rings. The molecule has 192 valence electrons. The second-order valence-corrected chi connectivity index (χ2v) is 9.26. The van der Waals surface area contributed by atoms with Crippen molar-refractivity contribution in [2.45, 2.75) is 19.3 Å². The van der Waals surface area contributed by atoms with E-state index in [1.807, 2.05) is 24.3 Å². The van der Waals surface area contributed by atoms with Gasteiger partial charge in [-0.3, -0.25) is 4.79 Å². The average Bonchev–Trinajstić information content (AvgIpc) is 2.86. The molecule has 1 heterocycles. The number of halogens is 4. The molecular weight excluding hydrogens is 526 g/mol. The molecule has 0 aliphatic carbocycles. The Morgan fingerprint density at radius 3 is 2.50 bits per heavy atom. The van der Waals surface area contributed by atoms with Crippen LogP contribution in [0.2, 0.25) is 10.0 Å². The molecule has 1 aliphatic rings. The molecule has 1 amide bonds. The lowest BCUT2D eigenvalue weighted by molar-refractivity contribution is -0.122. The number of benzene rings is 3. The number of carbonyl (C=O) groups is 1. The van der Waals surface area contributed by atoms with Crippen LogP contribution in [-0.4, -0.2) is 32.2 Å². The summed E-state index contributed by atoms with van der Waals surface area (Å²) in [5.74, 6) is 0.570. The van der Waals surface area contributed by atoms with Gasteiger partial charge in [0.2, 0.25) is 5.91 Å². The van der Waals surface area contributed by atoms with Crippen LogP contribution in [-0.2, 0) is 17.6 Å². The van der Waals surface area contributed by atoms with E-state index in [0.29, 0.717) is 47.7 Å². The van der Waals surface area contributed by atoms with E-state index in [2.05, 4.69) is 0 Å². The molecule has 5 nitrogen and oxygen atoms in total. The number of ether oxygens (including phenoxy) is 2. The standard InChI is InChI=1S/C27H27Cl2FN2O3.ClH/c28-21-5-10-26(24(29)16-21)35-13-12-34-23-7-3-18(4-8-23)14-20(17-31)27(33)32-11-1-2-19-15-22(30)6-9-25(19)32;/h3-10,15-16,20H,1-2,11-14,17,31H2;1H. The summed E-state index contributed by atoms with van der Waals surface area (Å²) in [6.07, 6.45) is 2.09. The largest absolute Gasteiger partial charge is 0.490 e. The molecule has 0 aromatic heterocycles. The van der Waals surface area contributed by atoms with Crippen molar-refractivity contribution in [2.75, 3.05) is 31.2 Å². The summed E-state index contributed by atoms with van der Waals surface area (Å²) in [4.78, 5) is 15.0. The average molecular weight is 554 g/mol. The lowest BCUT2D eigenvalue weighted by Gasteiger charge is -2.32. The Balaban J connectivity index is 0.00000361. The van der Waals surface area contributed by atoms with Crippen molar-refractivity contribution in [3.8, 4) is 11.5 Å². The van der Waals surface area contributed by atoms with Crippen molar-refractivity contribution < 1.29 is 18.7 Å². The fourth-order valence-corrected chi connectivity index (χ4v) is 4.66. The molecule has 9 heteroatoms. The number of nitrogens with two attached hydrogens (primary N) is 1. The Hall–Kier alpha value is -2.51. The van der Waals surface area contributed by atoms with Gasteiger partial charge in [-0.25, -0.2) is 4.39 Å². The number of carbonyl (C=O) groups excluding carboxylic acids is 1. The lowest BCUT2D eigenvalue weighted by Crippen LogP contribution is -2.42. The third-order valence-corrected chi connectivity index (χ3v) is 6.50. The topological polar surface area (TPSA) is 64.8 Å². The number of anilines is 1. The molecule has 0 saturated carbocycles. The van der Waals surface area contributed by atoms with Crippen LogP contribution in [0.3, 0.4) is 0 Å².